The lowest BCUT2D eigenvalue weighted by Crippen LogP contribution is -1.99. The molecule has 1 N–H and O–H groups in total. The molecule has 4 nitrogen and oxygen atoms in total. The number of anilines is 1. The summed E-state index contributed by atoms with van der Waals surface area (Å²) in [5.74, 6) is 1.34. The van der Waals surface area contributed by atoms with Crippen molar-refractivity contribution in [3.05, 3.63) is 66.3 Å². The topological polar surface area (TPSA) is 51.0 Å². The van der Waals surface area contributed by atoms with E-state index in [9.17, 15) is 0 Å². The van der Waals surface area contributed by atoms with Crippen molar-refractivity contribution in [2.75, 3.05) is 5.32 Å². The van der Waals surface area contributed by atoms with E-state index in [1.807, 2.05) is 37.3 Å². The minimum atomic E-state index is 0.646. The molecule has 3 aromatic rings. The summed E-state index contributed by atoms with van der Waals surface area (Å²) in [6, 6.07) is 14.2. The number of aryl methyl sites for hydroxylation is 1. The molecule has 0 fully saturated rings. The third-order valence-electron chi connectivity index (χ3n) is 2.98. The molecule has 20 heavy (non-hydrogen) atoms. The lowest BCUT2D eigenvalue weighted by atomic mass is 10.2. The summed E-state index contributed by atoms with van der Waals surface area (Å²) in [6.07, 6.45) is 3.49. The number of nitrogens with one attached hydrogen (secondary N) is 1. The van der Waals surface area contributed by atoms with Gasteiger partial charge in [0, 0.05) is 13.5 Å². The maximum absolute atomic E-state index is 5.44. The van der Waals surface area contributed by atoms with Crippen LogP contribution in [0.2, 0.25) is 0 Å². The second-order valence-corrected chi connectivity index (χ2v) is 4.51. The highest BCUT2D eigenvalue weighted by Crippen LogP contribution is 2.19. The molecule has 0 saturated heterocycles. The molecular weight excluding hydrogens is 250 g/mol. The number of aromatic nitrogens is 2. The quantitative estimate of drug-likeness (QED) is 0.782. The molecule has 2 aromatic heterocycles. The molecule has 0 amide bonds. The van der Waals surface area contributed by atoms with Gasteiger partial charge in [0.25, 0.3) is 0 Å². The van der Waals surface area contributed by atoms with Gasteiger partial charge in [-0.2, -0.15) is 0 Å². The van der Waals surface area contributed by atoms with Gasteiger partial charge in [0.15, 0.2) is 11.7 Å². The number of rotatable bonds is 4. The first-order chi connectivity index (χ1) is 9.81. The normalized spacial score (nSPS) is 10.4. The Morgan fingerprint density at radius 1 is 1.00 bits per heavy atom. The van der Waals surface area contributed by atoms with Crippen molar-refractivity contribution in [2.24, 2.45) is 0 Å². The van der Waals surface area contributed by atoms with E-state index < -0.39 is 0 Å². The summed E-state index contributed by atoms with van der Waals surface area (Å²) in [5, 5.41) is 3.34. The fourth-order valence-electron chi connectivity index (χ4n) is 1.92. The summed E-state index contributed by atoms with van der Waals surface area (Å²) in [4.78, 5) is 8.45. The van der Waals surface area contributed by atoms with Crippen molar-refractivity contribution in [3.63, 3.8) is 0 Å². The number of benzene rings is 1. The van der Waals surface area contributed by atoms with Crippen LogP contribution in [0.25, 0.3) is 11.5 Å². The average molecular weight is 265 g/mol. The maximum Gasteiger partial charge on any atom is 0.191 e. The third kappa shape index (κ3) is 2.85. The highest BCUT2D eigenvalue weighted by atomic mass is 16.4. The second kappa shape index (κ2) is 5.57. The third-order valence-corrected chi connectivity index (χ3v) is 2.98. The Balaban J connectivity index is 1.67. The van der Waals surface area contributed by atoms with Gasteiger partial charge in [0.05, 0.1) is 18.1 Å². The average Bonchev–Trinajstić information content (AvgIpc) is 2.93. The van der Waals surface area contributed by atoms with Gasteiger partial charge in [0.1, 0.15) is 5.69 Å². The van der Waals surface area contributed by atoms with Crippen LogP contribution in [-0.2, 0) is 6.54 Å². The molecule has 100 valence electrons. The molecule has 0 aliphatic heterocycles. The van der Waals surface area contributed by atoms with Crippen molar-refractivity contribution in [1.82, 2.24) is 9.97 Å². The predicted octanol–water partition coefficient (Wildman–Crippen LogP) is 3.66. The van der Waals surface area contributed by atoms with Crippen LogP contribution in [0.15, 0.2) is 59.3 Å². The molecule has 2 heterocycles. The van der Waals surface area contributed by atoms with Crippen molar-refractivity contribution in [2.45, 2.75) is 13.5 Å². The zero-order valence-electron chi connectivity index (χ0n) is 11.2. The summed E-state index contributed by atoms with van der Waals surface area (Å²) in [5.41, 5.74) is 3.01. The Hall–Kier alpha value is -2.62. The van der Waals surface area contributed by atoms with E-state index in [1.54, 1.807) is 12.4 Å². The van der Waals surface area contributed by atoms with Crippen LogP contribution in [0.4, 0.5) is 5.69 Å². The molecule has 0 atom stereocenters. The van der Waals surface area contributed by atoms with E-state index >= 15 is 0 Å². The zero-order chi connectivity index (χ0) is 13.8. The molecule has 0 radical (unpaired) electrons. The summed E-state index contributed by atoms with van der Waals surface area (Å²) in [6.45, 7) is 2.60. The van der Waals surface area contributed by atoms with Gasteiger partial charge in [-0.1, -0.05) is 30.3 Å². The van der Waals surface area contributed by atoms with Gasteiger partial charge >= 0.3 is 0 Å². The Morgan fingerprint density at radius 3 is 2.50 bits per heavy atom. The smallest absolute Gasteiger partial charge is 0.191 e. The monoisotopic (exact) mass is 265 g/mol. The van der Waals surface area contributed by atoms with Gasteiger partial charge in [-0.3, -0.25) is 4.98 Å². The summed E-state index contributed by atoms with van der Waals surface area (Å²) >= 11 is 0. The van der Waals surface area contributed by atoms with Crippen LogP contribution in [-0.4, -0.2) is 9.97 Å². The van der Waals surface area contributed by atoms with Crippen molar-refractivity contribution < 1.29 is 4.42 Å². The summed E-state index contributed by atoms with van der Waals surface area (Å²) in [7, 11) is 0. The van der Waals surface area contributed by atoms with E-state index in [4.69, 9.17) is 4.42 Å². The molecule has 0 aliphatic carbocycles. The van der Waals surface area contributed by atoms with Crippen molar-refractivity contribution in [1.29, 1.82) is 0 Å². The molecule has 0 saturated carbocycles. The number of oxazole rings is 1. The Kier molecular flexibility index (Phi) is 3.46. The Bertz CT molecular complexity index is 674. The fourth-order valence-corrected chi connectivity index (χ4v) is 1.92. The first-order valence-electron chi connectivity index (χ1n) is 6.48. The Morgan fingerprint density at radius 2 is 1.85 bits per heavy atom. The maximum atomic E-state index is 5.44. The van der Waals surface area contributed by atoms with Crippen LogP contribution in [0.1, 0.15) is 11.5 Å². The lowest BCUT2D eigenvalue weighted by Gasteiger charge is -2.06. The van der Waals surface area contributed by atoms with Gasteiger partial charge < -0.3 is 9.73 Å². The van der Waals surface area contributed by atoms with E-state index in [0.29, 0.717) is 11.7 Å². The van der Waals surface area contributed by atoms with Crippen molar-refractivity contribution >= 4 is 5.69 Å². The van der Waals surface area contributed by atoms with Gasteiger partial charge in [-0.05, 0) is 17.7 Å². The van der Waals surface area contributed by atoms with E-state index in [1.165, 1.54) is 5.56 Å². The SMILES string of the molecule is Cc1ncc(-c2ccc(NCc3ccccc3)cn2)o1. The minimum Gasteiger partial charge on any atom is -0.439 e. The molecular formula is C16H15N3O. The first-order valence-corrected chi connectivity index (χ1v) is 6.48. The summed E-state index contributed by atoms with van der Waals surface area (Å²) < 4.78 is 5.44. The second-order valence-electron chi connectivity index (χ2n) is 4.51. The number of hydrogen-bond acceptors (Lipinski definition) is 4. The predicted molar refractivity (Wildman–Crippen MR) is 78.2 cm³/mol. The van der Waals surface area contributed by atoms with Crippen LogP contribution in [0, 0.1) is 6.92 Å². The number of nitrogens with zero attached hydrogens (tertiary/aromatic N) is 2. The molecule has 1 aromatic carbocycles. The lowest BCUT2D eigenvalue weighted by molar-refractivity contribution is 0.532. The van der Waals surface area contributed by atoms with Crippen LogP contribution in [0.3, 0.4) is 0 Å². The fraction of sp³-hybridized carbons (Fsp3) is 0.125. The zero-order valence-corrected chi connectivity index (χ0v) is 11.2. The molecule has 4 heteroatoms. The van der Waals surface area contributed by atoms with Gasteiger partial charge in [-0.15, -0.1) is 0 Å². The van der Waals surface area contributed by atoms with Crippen LogP contribution < -0.4 is 5.32 Å². The number of hydrogen-bond donors (Lipinski definition) is 1. The molecule has 0 aliphatic rings. The molecule has 3 rings (SSSR count). The van der Waals surface area contributed by atoms with Crippen molar-refractivity contribution in [3.8, 4) is 11.5 Å². The highest BCUT2D eigenvalue weighted by molar-refractivity contribution is 5.54. The minimum absolute atomic E-state index is 0.646. The van der Waals surface area contributed by atoms with E-state index in [2.05, 4.69) is 27.4 Å². The van der Waals surface area contributed by atoms with E-state index in [0.717, 1.165) is 17.9 Å². The van der Waals surface area contributed by atoms with Gasteiger partial charge in [0.2, 0.25) is 0 Å². The standard InChI is InChI=1S/C16H15N3O/c1-12-17-11-16(20-12)15-8-7-14(10-19-15)18-9-13-5-3-2-4-6-13/h2-8,10-11,18H,9H2,1H3. The molecule has 0 unspecified atom stereocenters. The van der Waals surface area contributed by atoms with Crippen LogP contribution in [0.5, 0.6) is 0 Å². The van der Waals surface area contributed by atoms with Crippen LogP contribution >= 0.6 is 0 Å². The molecule has 0 spiro atoms. The van der Waals surface area contributed by atoms with E-state index in [-0.39, 0.29) is 0 Å². The van der Waals surface area contributed by atoms with Gasteiger partial charge in [-0.25, -0.2) is 4.98 Å². The Labute approximate surface area is 117 Å². The molecule has 0 bridgehead atoms. The first kappa shape index (κ1) is 12.4. The highest BCUT2D eigenvalue weighted by Gasteiger charge is 2.04. The number of pyridine rings is 1. The largest absolute Gasteiger partial charge is 0.439 e.